The van der Waals surface area contributed by atoms with Crippen LogP contribution in [0.25, 0.3) is 16.9 Å². The van der Waals surface area contributed by atoms with Crippen LogP contribution in [0.4, 0.5) is 13.2 Å². The van der Waals surface area contributed by atoms with Gasteiger partial charge in [0.2, 0.25) is 0 Å². The zero-order valence-electron chi connectivity index (χ0n) is 17.0. The number of hydrogen-bond donors (Lipinski definition) is 1. The number of hydrogen-bond acceptors (Lipinski definition) is 6. The molecule has 11 heteroatoms. The van der Waals surface area contributed by atoms with Crippen molar-refractivity contribution in [2.75, 3.05) is 6.61 Å². The highest BCUT2D eigenvalue weighted by Gasteiger charge is 2.32. The third-order valence-corrected chi connectivity index (χ3v) is 5.24. The molecule has 0 unspecified atom stereocenters. The van der Waals surface area contributed by atoms with E-state index in [0.717, 1.165) is 25.7 Å². The van der Waals surface area contributed by atoms with Crippen LogP contribution in [0, 0.1) is 5.92 Å². The molecule has 32 heavy (non-hydrogen) atoms. The molecule has 172 valence electrons. The summed E-state index contributed by atoms with van der Waals surface area (Å²) < 4.78 is 49.6. The highest BCUT2D eigenvalue weighted by atomic mass is 35.5. The highest BCUT2D eigenvalue weighted by Crippen LogP contribution is 2.32. The van der Waals surface area contributed by atoms with Gasteiger partial charge in [0.05, 0.1) is 19.0 Å². The summed E-state index contributed by atoms with van der Waals surface area (Å²) in [6.45, 7) is 0.531. The van der Waals surface area contributed by atoms with Crippen molar-refractivity contribution in [3.05, 3.63) is 49.2 Å². The summed E-state index contributed by atoms with van der Waals surface area (Å²) in [5.74, 6) is 0.568. The molecule has 1 aliphatic rings. The van der Waals surface area contributed by atoms with Crippen LogP contribution in [0.5, 0.6) is 11.5 Å². The Hall–Kier alpha value is -2.85. The minimum atomic E-state index is -4.80. The fraction of sp³-hybridized carbons (Fsp3) is 0.381. The van der Waals surface area contributed by atoms with Gasteiger partial charge in [-0.25, -0.2) is 14.6 Å². The predicted molar refractivity (Wildman–Crippen MR) is 114 cm³/mol. The second-order valence-electron chi connectivity index (χ2n) is 7.52. The molecule has 1 aliphatic carbocycles. The summed E-state index contributed by atoms with van der Waals surface area (Å²) >= 11 is 0. The minimum absolute atomic E-state index is 0. The lowest BCUT2D eigenvalue weighted by Gasteiger charge is -2.26. The molecule has 1 fully saturated rings. The van der Waals surface area contributed by atoms with Crippen LogP contribution >= 0.6 is 12.4 Å². The number of nitrogens with two attached hydrogens (primary N) is 1. The first kappa shape index (κ1) is 23.8. The van der Waals surface area contributed by atoms with E-state index in [2.05, 4.69) is 19.8 Å². The quantitative estimate of drug-likeness (QED) is 0.570. The minimum Gasteiger partial charge on any atom is -0.489 e. The Balaban J connectivity index is 0.00000289. The average molecular weight is 470 g/mol. The first-order chi connectivity index (χ1) is 14.9. The van der Waals surface area contributed by atoms with E-state index in [1.807, 2.05) is 0 Å². The lowest BCUT2D eigenvalue weighted by Crippen LogP contribution is -2.28. The van der Waals surface area contributed by atoms with Gasteiger partial charge in [-0.05, 0) is 43.7 Å². The molecule has 2 N–H and O–H groups in total. The standard InChI is InChI=1S/C21H22F3N5O2.ClH/c22-21(23,24)31-18-4-2-1-3-17(18)29-11-15(9-28-29)20-19(10-26-13-27-20)30-12-14-5-7-16(25)8-6-14;/h1-4,9-11,13-14,16H,5-8,12,25H2;1H/t14-,16+;. The van der Waals surface area contributed by atoms with Crippen LogP contribution in [-0.4, -0.2) is 38.8 Å². The van der Waals surface area contributed by atoms with Crippen molar-refractivity contribution < 1.29 is 22.6 Å². The van der Waals surface area contributed by atoms with E-state index >= 15 is 0 Å². The largest absolute Gasteiger partial charge is 0.573 e. The maximum absolute atomic E-state index is 12.7. The first-order valence-electron chi connectivity index (χ1n) is 9.97. The second kappa shape index (κ2) is 10.2. The second-order valence-corrected chi connectivity index (χ2v) is 7.52. The fourth-order valence-corrected chi connectivity index (χ4v) is 3.64. The third kappa shape index (κ3) is 5.89. The molecular weight excluding hydrogens is 447 g/mol. The van der Waals surface area contributed by atoms with E-state index < -0.39 is 6.36 Å². The predicted octanol–water partition coefficient (Wildman–Crippen LogP) is 4.55. The molecule has 2 heterocycles. The van der Waals surface area contributed by atoms with E-state index in [1.165, 1.54) is 35.4 Å². The van der Waals surface area contributed by atoms with Crippen molar-refractivity contribution in [1.29, 1.82) is 0 Å². The summed E-state index contributed by atoms with van der Waals surface area (Å²) in [5.41, 5.74) is 7.22. The summed E-state index contributed by atoms with van der Waals surface area (Å²) in [4.78, 5) is 8.33. The molecular formula is C21H23ClF3N5O2. The van der Waals surface area contributed by atoms with Gasteiger partial charge in [0, 0.05) is 17.8 Å². The van der Waals surface area contributed by atoms with Gasteiger partial charge in [-0.1, -0.05) is 12.1 Å². The average Bonchev–Trinajstić information content (AvgIpc) is 3.23. The molecule has 0 saturated heterocycles. The van der Waals surface area contributed by atoms with Gasteiger partial charge in [0.15, 0.2) is 11.5 Å². The van der Waals surface area contributed by atoms with Crippen molar-refractivity contribution in [1.82, 2.24) is 19.7 Å². The van der Waals surface area contributed by atoms with Gasteiger partial charge in [-0.15, -0.1) is 25.6 Å². The maximum atomic E-state index is 12.7. The van der Waals surface area contributed by atoms with Crippen molar-refractivity contribution in [3.63, 3.8) is 0 Å². The molecule has 0 aliphatic heterocycles. The van der Waals surface area contributed by atoms with Gasteiger partial charge in [-0.3, -0.25) is 0 Å². The number of alkyl halides is 3. The molecule has 0 amide bonds. The molecule has 0 radical (unpaired) electrons. The Morgan fingerprint density at radius 1 is 1.06 bits per heavy atom. The lowest BCUT2D eigenvalue weighted by molar-refractivity contribution is -0.274. The van der Waals surface area contributed by atoms with Gasteiger partial charge in [0.1, 0.15) is 17.7 Å². The Morgan fingerprint density at radius 3 is 2.56 bits per heavy atom. The molecule has 1 saturated carbocycles. The number of rotatable bonds is 6. The van der Waals surface area contributed by atoms with Crippen LogP contribution < -0.4 is 15.2 Å². The number of aromatic nitrogens is 4. The van der Waals surface area contributed by atoms with Crippen LogP contribution in [0.2, 0.25) is 0 Å². The highest BCUT2D eigenvalue weighted by molar-refractivity contribution is 5.85. The fourth-order valence-electron chi connectivity index (χ4n) is 3.64. The van der Waals surface area contributed by atoms with Crippen LogP contribution in [0.15, 0.2) is 49.2 Å². The number of benzene rings is 1. The van der Waals surface area contributed by atoms with Gasteiger partial charge in [0.25, 0.3) is 0 Å². The number of para-hydroxylation sites is 2. The molecule has 0 spiro atoms. The van der Waals surface area contributed by atoms with Gasteiger partial charge >= 0.3 is 6.36 Å². The van der Waals surface area contributed by atoms with Crippen molar-refractivity contribution in [3.8, 4) is 28.4 Å². The summed E-state index contributed by atoms with van der Waals surface area (Å²) in [6.07, 6.45) is 5.25. The Kier molecular flexibility index (Phi) is 7.57. The molecule has 0 bridgehead atoms. The Morgan fingerprint density at radius 2 is 1.81 bits per heavy atom. The number of halogens is 4. The van der Waals surface area contributed by atoms with E-state index in [1.54, 1.807) is 18.5 Å². The maximum Gasteiger partial charge on any atom is 0.573 e. The lowest BCUT2D eigenvalue weighted by atomic mass is 9.87. The smallest absolute Gasteiger partial charge is 0.489 e. The van der Waals surface area contributed by atoms with Crippen molar-refractivity contribution >= 4 is 12.4 Å². The SMILES string of the molecule is Cl.N[C@H]1CC[C@@H](COc2cncnc2-c2cnn(-c3ccccc3OC(F)(F)F)c2)CC1. The summed E-state index contributed by atoms with van der Waals surface area (Å²) in [6, 6.07) is 6.06. The normalized spacial score (nSPS) is 18.6. The zero-order chi connectivity index (χ0) is 21.8. The van der Waals surface area contributed by atoms with Crippen molar-refractivity contribution in [2.45, 2.75) is 38.1 Å². The topological polar surface area (TPSA) is 88.1 Å². The molecule has 1 aromatic carbocycles. The van der Waals surface area contributed by atoms with Crippen molar-refractivity contribution in [2.24, 2.45) is 11.7 Å². The van der Waals surface area contributed by atoms with E-state index in [-0.39, 0.29) is 29.9 Å². The Labute approximate surface area is 189 Å². The molecule has 7 nitrogen and oxygen atoms in total. The molecule has 4 rings (SSSR count). The third-order valence-electron chi connectivity index (χ3n) is 5.24. The number of nitrogens with zero attached hydrogens (tertiary/aromatic N) is 4. The monoisotopic (exact) mass is 469 g/mol. The molecule has 2 aromatic heterocycles. The van der Waals surface area contributed by atoms with E-state index in [4.69, 9.17) is 10.5 Å². The Bertz CT molecular complexity index is 1020. The van der Waals surface area contributed by atoms with E-state index in [0.29, 0.717) is 29.5 Å². The summed E-state index contributed by atoms with van der Waals surface area (Å²) in [5, 5.41) is 4.19. The molecule has 0 atom stereocenters. The van der Waals surface area contributed by atoms with Gasteiger partial charge < -0.3 is 15.2 Å². The van der Waals surface area contributed by atoms with E-state index in [9.17, 15) is 13.2 Å². The van der Waals surface area contributed by atoms with Crippen LogP contribution in [0.3, 0.4) is 0 Å². The summed E-state index contributed by atoms with van der Waals surface area (Å²) in [7, 11) is 0. The van der Waals surface area contributed by atoms with Gasteiger partial charge in [-0.2, -0.15) is 5.10 Å². The van der Waals surface area contributed by atoms with Crippen LogP contribution in [-0.2, 0) is 0 Å². The zero-order valence-corrected chi connectivity index (χ0v) is 17.9. The molecule has 3 aromatic rings. The van der Waals surface area contributed by atoms with Crippen LogP contribution in [0.1, 0.15) is 25.7 Å². The first-order valence-corrected chi connectivity index (χ1v) is 9.97. The number of ether oxygens (including phenoxy) is 2.